The summed E-state index contributed by atoms with van der Waals surface area (Å²) in [7, 11) is 0. The summed E-state index contributed by atoms with van der Waals surface area (Å²) in [5, 5.41) is 9.03. The van der Waals surface area contributed by atoms with Crippen molar-refractivity contribution in [2.24, 2.45) is 0 Å². The maximum Gasteiger partial charge on any atom is 0.337 e. The maximum atomic E-state index is 11.0. The molecule has 20 heavy (non-hydrogen) atoms. The molecule has 0 saturated carbocycles. The molecule has 1 aliphatic rings. The summed E-state index contributed by atoms with van der Waals surface area (Å²) < 4.78 is 15.9. The summed E-state index contributed by atoms with van der Waals surface area (Å²) in [6.45, 7) is 0.168. The summed E-state index contributed by atoms with van der Waals surface area (Å²) >= 11 is 5.74. The van der Waals surface area contributed by atoms with Crippen molar-refractivity contribution < 1.29 is 24.1 Å². The smallest absolute Gasteiger partial charge is 0.337 e. The summed E-state index contributed by atoms with van der Waals surface area (Å²) in [4.78, 5) is 14.9. The van der Waals surface area contributed by atoms with E-state index in [9.17, 15) is 4.79 Å². The van der Waals surface area contributed by atoms with Crippen LogP contribution in [0.4, 0.5) is 0 Å². The van der Waals surface area contributed by atoms with Gasteiger partial charge in [0.15, 0.2) is 11.5 Å². The van der Waals surface area contributed by atoms with Gasteiger partial charge in [0.1, 0.15) is 5.75 Å². The third kappa shape index (κ3) is 2.33. The molecule has 7 heteroatoms. The highest BCUT2D eigenvalue weighted by Gasteiger charge is 2.15. The van der Waals surface area contributed by atoms with Crippen molar-refractivity contribution in [2.75, 3.05) is 6.79 Å². The van der Waals surface area contributed by atoms with Crippen molar-refractivity contribution in [2.45, 2.75) is 0 Å². The number of hydrogen-bond donors (Lipinski definition) is 1. The predicted octanol–water partition coefficient (Wildman–Crippen LogP) is 2.95. The van der Waals surface area contributed by atoms with E-state index in [2.05, 4.69) is 4.98 Å². The predicted molar refractivity (Wildman–Crippen MR) is 68.8 cm³/mol. The number of benzene rings is 1. The quantitative estimate of drug-likeness (QED) is 0.937. The molecule has 0 saturated heterocycles. The minimum absolute atomic E-state index is 0.0514. The van der Waals surface area contributed by atoms with Gasteiger partial charge in [0, 0.05) is 12.1 Å². The molecule has 0 spiro atoms. The third-order valence-electron chi connectivity index (χ3n) is 2.63. The number of aromatic nitrogens is 1. The van der Waals surface area contributed by atoms with Crippen LogP contribution in [0, 0.1) is 0 Å². The summed E-state index contributed by atoms with van der Waals surface area (Å²) in [6.07, 6.45) is 1.23. The number of hydrogen-bond acceptors (Lipinski definition) is 5. The average Bonchev–Trinajstić information content (AvgIpc) is 2.88. The first kappa shape index (κ1) is 12.6. The molecule has 0 radical (unpaired) electrons. The van der Waals surface area contributed by atoms with E-state index < -0.39 is 5.97 Å². The lowest BCUT2D eigenvalue weighted by molar-refractivity contribution is 0.0696. The van der Waals surface area contributed by atoms with Gasteiger partial charge in [-0.25, -0.2) is 9.78 Å². The first-order valence-electron chi connectivity index (χ1n) is 5.60. The summed E-state index contributed by atoms with van der Waals surface area (Å²) in [5.41, 5.74) is -0.0718. The Morgan fingerprint density at radius 2 is 2.10 bits per heavy atom. The van der Waals surface area contributed by atoms with Crippen LogP contribution in [0.25, 0.3) is 0 Å². The molecule has 1 aliphatic heterocycles. The number of carbonyl (C=O) groups is 1. The van der Waals surface area contributed by atoms with Gasteiger partial charge in [-0.3, -0.25) is 0 Å². The largest absolute Gasteiger partial charge is 0.478 e. The van der Waals surface area contributed by atoms with Crippen molar-refractivity contribution in [3.8, 4) is 23.1 Å². The molecule has 2 heterocycles. The van der Waals surface area contributed by atoms with E-state index in [0.717, 1.165) is 0 Å². The molecule has 1 aromatic carbocycles. The first-order chi connectivity index (χ1) is 9.63. The summed E-state index contributed by atoms with van der Waals surface area (Å²) in [5.74, 6) is 0.640. The molecular weight excluding hydrogens is 286 g/mol. The zero-order chi connectivity index (χ0) is 14.1. The molecule has 1 N–H and O–H groups in total. The van der Waals surface area contributed by atoms with Crippen LogP contribution in [0.15, 0.2) is 30.5 Å². The number of fused-ring (bicyclic) bond motifs is 1. The minimum Gasteiger partial charge on any atom is -0.478 e. The zero-order valence-corrected chi connectivity index (χ0v) is 10.8. The number of aromatic carboxylic acids is 1. The van der Waals surface area contributed by atoms with E-state index in [1.54, 1.807) is 18.2 Å². The molecule has 0 atom stereocenters. The monoisotopic (exact) mass is 293 g/mol. The van der Waals surface area contributed by atoms with Crippen LogP contribution >= 0.6 is 11.6 Å². The third-order valence-corrected chi connectivity index (χ3v) is 2.93. The molecule has 0 aliphatic carbocycles. The zero-order valence-electron chi connectivity index (χ0n) is 10.00. The molecule has 102 valence electrons. The molecule has 0 fully saturated rings. The van der Waals surface area contributed by atoms with Crippen LogP contribution in [0.5, 0.6) is 23.1 Å². The number of halogens is 1. The molecule has 1 aromatic heterocycles. The Hall–Kier alpha value is -2.47. The Balaban J connectivity index is 1.88. The van der Waals surface area contributed by atoms with Gasteiger partial charge < -0.3 is 19.3 Å². The number of nitrogens with zero attached hydrogens (tertiary/aromatic N) is 1. The van der Waals surface area contributed by atoms with Crippen molar-refractivity contribution in [3.05, 3.63) is 41.0 Å². The van der Waals surface area contributed by atoms with E-state index in [0.29, 0.717) is 17.2 Å². The van der Waals surface area contributed by atoms with Gasteiger partial charge in [0.2, 0.25) is 12.7 Å². The van der Waals surface area contributed by atoms with Gasteiger partial charge in [0.05, 0.1) is 16.8 Å². The molecule has 3 rings (SSSR count). The van der Waals surface area contributed by atoms with Gasteiger partial charge in [-0.2, -0.15) is 0 Å². The average molecular weight is 294 g/mol. The lowest BCUT2D eigenvalue weighted by Crippen LogP contribution is -1.99. The number of pyridine rings is 1. The second-order valence-electron chi connectivity index (χ2n) is 3.92. The fourth-order valence-corrected chi connectivity index (χ4v) is 1.88. The highest BCUT2D eigenvalue weighted by atomic mass is 35.5. The van der Waals surface area contributed by atoms with E-state index in [1.165, 1.54) is 12.3 Å². The standard InChI is InChI=1S/C13H8ClNO5/c14-9-5-15-12(4-8(9)13(16)17)20-7-1-2-10-11(3-7)19-6-18-10/h1-5H,6H2,(H,16,17). The second-order valence-corrected chi connectivity index (χ2v) is 4.33. The molecular formula is C13H8ClNO5. The van der Waals surface area contributed by atoms with Gasteiger partial charge in [-0.1, -0.05) is 11.6 Å². The normalized spacial score (nSPS) is 12.2. The number of rotatable bonds is 3. The molecule has 0 unspecified atom stereocenters. The Morgan fingerprint density at radius 3 is 2.90 bits per heavy atom. The van der Waals surface area contributed by atoms with E-state index in [1.807, 2.05) is 0 Å². The minimum atomic E-state index is -1.15. The lowest BCUT2D eigenvalue weighted by Gasteiger charge is -2.07. The van der Waals surface area contributed by atoms with E-state index >= 15 is 0 Å². The Kier molecular flexibility index (Phi) is 3.08. The van der Waals surface area contributed by atoms with Gasteiger partial charge in [-0.05, 0) is 12.1 Å². The lowest BCUT2D eigenvalue weighted by atomic mass is 10.2. The van der Waals surface area contributed by atoms with Crippen LogP contribution < -0.4 is 14.2 Å². The molecule has 0 amide bonds. The fraction of sp³-hybridized carbons (Fsp3) is 0.0769. The van der Waals surface area contributed by atoms with Gasteiger partial charge in [-0.15, -0.1) is 0 Å². The maximum absolute atomic E-state index is 11.0. The summed E-state index contributed by atoms with van der Waals surface area (Å²) in [6, 6.07) is 6.27. The Bertz CT molecular complexity index is 688. The first-order valence-corrected chi connectivity index (χ1v) is 5.97. The van der Waals surface area contributed by atoms with Crippen LogP contribution in [0.1, 0.15) is 10.4 Å². The number of carboxylic acid groups (broad SMARTS) is 1. The topological polar surface area (TPSA) is 77.9 Å². The highest BCUT2D eigenvalue weighted by molar-refractivity contribution is 6.33. The van der Waals surface area contributed by atoms with Crippen molar-refractivity contribution in [1.82, 2.24) is 4.98 Å². The Labute approximate surface area is 118 Å². The number of carboxylic acids is 1. The molecule has 2 aromatic rings. The number of ether oxygens (including phenoxy) is 3. The van der Waals surface area contributed by atoms with Gasteiger partial charge in [0.25, 0.3) is 0 Å². The molecule has 6 nitrogen and oxygen atoms in total. The van der Waals surface area contributed by atoms with Crippen LogP contribution in [0.3, 0.4) is 0 Å². The van der Waals surface area contributed by atoms with Crippen molar-refractivity contribution in [1.29, 1.82) is 0 Å². The van der Waals surface area contributed by atoms with Crippen molar-refractivity contribution in [3.63, 3.8) is 0 Å². The second kappa shape index (κ2) is 4.90. The SMILES string of the molecule is O=C(O)c1cc(Oc2ccc3c(c2)OCO3)ncc1Cl. The van der Waals surface area contributed by atoms with Crippen molar-refractivity contribution >= 4 is 17.6 Å². The van der Waals surface area contributed by atoms with Crippen LogP contribution in [0.2, 0.25) is 5.02 Å². The molecule has 0 bridgehead atoms. The fourth-order valence-electron chi connectivity index (χ4n) is 1.70. The van der Waals surface area contributed by atoms with Gasteiger partial charge >= 0.3 is 5.97 Å². The van der Waals surface area contributed by atoms with E-state index in [4.69, 9.17) is 30.9 Å². The van der Waals surface area contributed by atoms with Crippen LogP contribution in [-0.4, -0.2) is 22.9 Å². The Morgan fingerprint density at radius 1 is 1.30 bits per heavy atom. The van der Waals surface area contributed by atoms with E-state index in [-0.39, 0.29) is 23.3 Å². The highest BCUT2D eigenvalue weighted by Crippen LogP contribution is 2.36. The van der Waals surface area contributed by atoms with Crippen LogP contribution in [-0.2, 0) is 0 Å².